The van der Waals surface area contributed by atoms with Crippen molar-refractivity contribution in [1.29, 1.82) is 0 Å². The summed E-state index contributed by atoms with van der Waals surface area (Å²) in [6.07, 6.45) is 10.0. The molecular formula is C16H28N2O2. The molecule has 0 aromatic rings. The van der Waals surface area contributed by atoms with Gasteiger partial charge in [0.15, 0.2) is 0 Å². The molecule has 1 fully saturated rings. The van der Waals surface area contributed by atoms with Crippen molar-refractivity contribution in [3.05, 3.63) is 11.6 Å². The molecule has 1 heterocycles. The number of urea groups is 1. The summed E-state index contributed by atoms with van der Waals surface area (Å²) in [5.74, 6) is 0.232. The first-order valence-electron chi connectivity index (χ1n) is 8.05. The smallest absolute Gasteiger partial charge is 0.317 e. The van der Waals surface area contributed by atoms with E-state index in [1.165, 1.54) is 31.3 Å². The minimum atomic E-state index is -0.321. The number of hydrogen-bond acceptors (Lipinski definition) is 2. The van der Waals surface area contributed by atoms with Crippen molar-refractivity contribution >= 4 is 6.03 Å². The molecule has 2 atom stereocenters. The SMILES string of the molecule is CC(O)C1CCCN(C(=O)NCCC2=CCCCC2)C1. The van der Waals surface area contributed by atoms with Crippen molar-refractivity contribution in [3.8, 4) is 0 Å². The largest absolute Gasteiger partial charge is 0.393 e. The molecule has 0 radical (unpaired) electrons. The zero-order chi connectivity index (χ0) is 14.4. The number of aliphatic hydroxyl groups is 1. The van der Waals surface area contributed by atoms with Crippen LogP contribution in [0.2, 0.25) is 0 Å². The Kier molecular flexibility index (Phi) is 5.89. The minimum absolute atomic E-state index is 0.0340. The normalized spacial score (nSPS) is 25.0. The molecule has 4 heteroatoms. The number of nitrogens with zero attached hydrogens (tertiary/aromatic N) is 1. The average Bonchev–Trinajstić information content (AvgIpc) is 2.48. The number of carbonyl (C=O) groups is 1. The van der Waals surface area contributed by atoms with E-state index in [-0.39, 0.29) is 18.1 Å². The fraction of sp³-hybridized carbons (Fsp3) is 0.812. The Bertz CT molecular complexity index is 352. The van der Waals surface area contributed by atoms with Crippen LogP contribution < -0.4 is 5.32 Å². The van der Waals surface area contributed by atoms with Gasteiger partial charge in [-0.2, -0.15) is 0 Å². The highest BCUT2D eigenvalue weighted by atomic mass is 16.3. The van der Waals surface area contributed by atoms with E-state index in [2.05, 4.69) is 11.4 Å². The standard InChI is InChI=1S/C16H28N2O2/c1-13(19)15-8-5-11-18(12-15)16(20)17-10-9-14-6-3-2-4-7-14/h6,13,15,19H,2-5,7-12H2,1H3,(H,17,20). The first-order valence-corrected chi connectivity index (χ1v) is 8.05. The number of aliphatic hydroxyl groups excluding tert-OH is 1. The van der Waals surface area contributed by atoms with Crippen LogP contribution in [0.4, 0.5) is 4.79 Å². The second-order valence-electron chi connectivity index (χ2n) is 6.18. The predicted octanol–water partition coefficient (Wildman–Crippen LogP) is 2.68. The molecule has 0 bridgehead atoms. The maximum Gasteiger partial charge on any atom is 0.317 e. The first-order chi connectivity index (χ1) is 9.66. The second-order valence-corrected chi connectivity index (χ2v) is 6.18. The zero-order valence-corrected chi connectivity index (χ0v) is 12.6. The van der Waals surface area contributed by atoms with Gasteiger partial charge in [0.05, 0.1) is 6.10 Å². The number of allylic oxidation sites excluding steroid dienone is 1. The Morgan fingerprint density at radius 3 is 3.05 bits per heavy atom. The van der Waals surface area contributed by atoms with Gasteiger partial charge in [0.25, 0.3) is 0 Å². The summed E-state index contributed by atoms with van der Waals surface area (Å²) in [4.78, 5) is 14.0. The lowest BCUT2D eigenvalue weighted by atomic mass is 9.94. The van der Waals surface area contributed by atoms with Crippen molar-refractivity contribution in [1.82, 2.24) is 10.2 Å². The topological polar surface area (TPSA) is 52.6 Å². The molecule has 1 saturated heterocycles. The molecule has 2 rings (SSSR count). The van der Waals surface area contributed by atoms with Crippen LogP contribution in [0.25, 0.3) is 0 Å². The molecule has 2 N–H and O–H groups in total. The average molecular weight is 280 g/mol. The van der Waals surface area contributed by atoms with E-state index < -0.39 is 0 Å². The van der Waals surface area contributed by atoms with E-state index in [1.54, 1.807) is 0 Å². The summed E-state index contributed by atoms with van der Waals surface area (Å²) in [5, 5.41) is 12.7. The molecule has 0 aromatic heterocycles. The van der Waals surface area contributed by atoms with E-state index in [4.69, 9.17) is 0 Å². The molecule has 2 aliphatic rings. The minimum Gasteiger partial charge on any atom is -0.393 e. The molecule has 20 heavy (non-hydrogen) atoms. The Morgan fingerprint density at radius 1 is 1.50 bits per heavy atom. The molecule has 2 amide bonds. The van der Waals surface area contributed by atoms with Crippen LogP contribution in [0.1, 0.15) is 51.9 Å². The van der Waals surface area contributed by atoms with Crippen LogP contribution in [-0.2, 0) is 0 Å². The number of carbonyl (C=O) groups excluding carboxylic acids is 1. The number of nitrogens with one attached hydrogen (secondary N) is 1. The van der Waals surface area contributed by atoms with Gasteiger partial charge in [-0.1, -0.05) is 11.6 Å². The van der Waals surface area contributed by atoms with Crippen LogP contribution in [0.3, 0.4) is 0 Å². The van der Waals surface area contributed by atoms with Gasteiger partial charge in [-0.3, -0.25) is 0 Å². The maximum atomic E-state index is 12.1. The highest BCUT2D eigenvalue weighted by Gasteiger charge is 2.26. The fourth-order valence-electron chi connectivity index (χ4n) is 3.16. The van der Waals surface area contributed by atoms with Crippen molar-refractivity contribution < 1.29 is 9.90 Å². The van der Waals surface area contributed by atoms with E-state index in [1.807, 2.05) is 11.8 Å². The first kappa shape index (κ1) is 15.4. The van der Waals surface area contributed by atoms with Crippen LogP contribution in [0.15, 0.2) is 11.6 Å². The molecule has 0 saturated carbocycles. The number of piperidine rings is 1. The number of amides is 2. The molecule has 1 aliphatic carbocycles. The van der Waals surface area contributed by atoms with E-state index in [9.17, 15) is 9.90 Å². The number of rotatable bonds is 4. The predicted molar refractivity (Wildman–Crippen MR) is 80.5 cm³/mol. The molecular weight excluding hydrogens is 252 g/mol. The van der Waals surface area contributed by atoms with Gasteiger partial charge in [-0.15, -0.1) is 0 Å². The van der Waals surface area contributed by atoms with Gasteiger partial charge in [0.1, 0.15) is 0 Å². The highest BCUT2D eigenvalue weighted by molar-refractivity contribution is 5.74. The zero-order valence-electron chi connectivity index (χ0n) is 12.6. The van der Waals surface area contributed by atoms with Crippen LogP contribution >= 0.6 is 0 Å². The summed E-state index contributed by atoms with van der Waals surface area (Å²) in [5.41, 5.74) is 1.50. The van der Waals surface area contributed by atoms with Crippen molar-refractivity contribution in [3.63, 3.8) is 0 Å². The summed E-state index contributed by atoms with van der Waals surface area (Å²) in [7, 11) is 0. The molecule has 2 unspecified atom stereocenters. The lowest BCUT2D eigenvalue weighted by Gasteiger charge is -2.34. The Balaban J connectivity index is 1.70. The monoisotopic (exact) mass is 280 g/mol. The Labute approximate surface area is 122 Å². The van der Waals surface area contributed by atoms with Crippen molar-refractivity contribution in [2.75, 3.05) is 19.6 Å². The van der Waals surface area contributed by atoms with Gasteiger partial charge in [0, 0.05) is 25.6 Å². The third-order valence-electron chi connectivity index (χ3n) is 4.53. The summed E-state index contributed by atoms with van der Waals surface area (Å²) in [6, 6.07) is 0.0340. The van der Waals surface area contributed by atoms with Crippen LogP contribution in [0, 0.1) is 5.92 Å². The summed E-state index contributed by atoms with van der Waals surface area (Å²) >= 11 is 0. The molecule has 114 valence electrons. The van der Waals surface area contributed by atoms with E-state index >= 15 is 0 Å². The van der Waals surface area contributed by atoms with Crippen molar-refractivity contribution in [2.24, 2.45) is 5.92 Å². The Morgan fingerprint density at radius 2 is 2.35 bits per heavy atom. The third-order valence-corrected chi connectivity index (χ3v) is 4.53. The lowest BCUT2D eigenvalue weighted by molar-refractivity contribution is 0.0740. The van der Waals surface area contributed by atoms with Gasteiger partial charge in [-0.25, -0.2) is 4.79 Å². The van der Waals surface area contributed by atoms with Crippen molar-refractivity contribution in [2.45, 2.75) is 58.0 Å². The molecule has 0 aromatic carbocycles. The maximum absolute atomic E-state index is 12.1. The van der Waals surface area contributed by atoms with E-state index in [0.29, 0.717) is 6.54 Å². The van der Waals surface area contributed by atoms with Gasteiger partial charge in [-0.05, 0) is 51.9 Å². The van der Waals surface area contributed by atoms with Gasteiger partial charge < -0.3 is 15.3 Å². The molecule has 0 spiro atoms. The molecule has 4 nitrogen and oxygen atoms in total. The number of hydrogen-bond donors (Lipinski definition) is 2. The van der Waals surface area contributed by atoms with Gasteiger partial charge >= 0.3 is 6.03 Å². The lowest BCUT2D eigenvalue weighted by Crippen LogP contribution is -2.47. The Hall–Kier alpha value is -1.03. The highest BCUT2D eigenvalue weighted by Crippen LogP contribution is 2.21. The van der Waals surface area contributed by atoms with Crippen LogP contribution in [0.5, 0.6) is 0 Å². The van der Waals surface area contributed by atoms with Gasteiger partial charge in [0.2, 0.25) is 0 Å². The summed E-state index contributed by atoms with van der Waals surface area (Å²) in [6.45, 7) is 4.06. The van der Waals surface area contributed by atoms with Crippen LogP contribution in [-0.4, -0.2) is 41.8 Å². The summed E-state index contributed by atoms with van der Waals surface area (Å²) < 4.78 is 0. The fourth-order valence-corrected chi connectivity index (χ4v) is 3.16. The van der Waals surface area contributed by atoms with E-state index in [0.717, 1.165) is 32.4 Å². The third kappa shape index (κ3) is 4.51. The number of likely N-dealkylation sites (tertiary alicyclic amines) is 1. The molecule has 1 aliphatic heterocycles. The quantitative estimate of drug-likeness (QED) is 0.778. The second kappa shape index (κ2) is 7.67.